The molecule has 1 aromatic heterocycles. The molecule has 1 N–H and O–H groups in total. The Morgan fingerprint density at radius 3 is 2.63 bits per heavy atom. The molecule has 2 rings (SSSR count). The Labute approximate surface area is 116 Å². The fourth-order valence-corrected chi connectivity index (χ4v) is 2.92. The molecule has 3 nitrogen and oxygen atoms in total. The standard InChI is InChI=1S/C16H23N3/c1-3-12(2)14-5-7-15(8-6-14)19-16-9-4-13(10-17)11-18-16/h4,9,11-12,14-15H,3,5-8H2,1-2H3,(H,18,19)/t12?,14-,15-. The number of nitriles is 1. The molecule has 0 radical (unpaired) electrons. The number of nitrogens with one attached hydrogen (secondary N) is 1. The third-order valence-corrected chi connectivity index (χ3v) is 4.47. The predicted octanol–water partition coefficient (Wildman–Crippen LogP) is 3.97. The van der Waals surface area contributed by atoms with Gasteiger partial charge in [-0.25, -0.2) is 4.98 Å². The molecule has 19 heavy (non-hydrogen) atoms. The van der Waals surface area contributed by atoms with Gasteiger partial charge in [0.2, 0.25) is 0 Å². The molecule has 3 heteroatoms. The smallest absolute Gasteiger partial charge is 0.126 e. The van der Waals surface area contributed by atoms with Crippen LogP contribution in [0.15, 0.2) is 18.3 Å². The summed E-state index contributed by atoms with van der Waals surface area (Å²) in [6.45, 7) is 4.66. The molecule has 1 saturated carbocycles. The largest absolute Gasteiger partial charge is 0.367 e. The van der Waals surface area contributed by atoms with Crippen molar-refractivity contribution in [2.24, 2.45) is 11.8 Å². The zero-order chi connectivity index (χ0) is 13.7. The van der Waals surface area contributed by atoms with Crippen molar-refractivity contribution < 1.29 is 0 Å². The molecule has 1 aliphatic carbocycles. The molecule has 1 heterocycles. The van der Waals surface area contributed by atoms with Crippen LogP contribution in [-0.2, 0) is 0 Å². The second-order valence-corrected chi connectivity index (χ2v) is 5.69. The van der Waals surface area contributed by atoms with Crippen LogP contribution in [0.1, 0.15) is 51.5 Å². The SMILES string of the molecule is CCC(C)[C@H]1CC[C@H](Nc2ccc(C#N)cn2)CC1. The molecule has 0 amide bonds. The maximum absolute atomic E-state index is 8.74. The summed E-state index contributed by atoms with van der Waals surface area (Å²) in [5.41, 5.74) is 0.617. The molecule has 0 saturated heterocycles. The second kappa shape index (κ2) is 6.56. The molecule has 1 aliphatic rings. The Kier molecular flexibility index (Phi) is 4.79. The van der Waals surface area contributed by atoms with E-state index >= 15 is 0 Å². The van der Waals surface area contributed by atoms with Gasteiger partial charge in [-0.3, -0.25) is 0 Å². The number of rotatable bonds is 4. The Bertz CT molecular complexity index is 424. The van der Waals surface area contributed by atoms with E-state index in [0.29, 0.717) is 11.6 Å². The van der Waals surface area contributed by atoms with Crippen LogP contribution >= 0.6 is 0 Å². The van der Waals surface area contributed by atoms with E-state index in [1.54, 1.807) is 6.20 Å². The van der Waals surface area contributed by atoms with Crippen molar-refractivity contribution in [2.45, 2.75) is 52.0 Å². The Morgan fingerprint density at radius 1 is 1.37 bits per heavy atom. The highest BCUT2D eigenvalue weighted by atomic mass is 15.0. The monoisotopic (exact) mass is 257 g/mol. The van der Waals surface area contributed by atoms with Gasteiger partial charge in [0.1, 0.15) is 11.9 Å². The highest BCUT2D eigenvalue weighted by molar-refractivity contribution is 5.39. The highest BCUT2D eigenvalue weighted by Gasteiger charge is 2.24. The molecule has 0 spiro atoms. The van der Waals surface area contributed by atoms with Crippen molar-refractivity contribution in [1.82, 2.24) is 4.98 Å². The summed E-state index contributed by atoms with van der Waals surface area (Å²) in [4.78, 5) is 4.28. The van der Waals surface area contributed by atoms with Gasteiger partial charge in [0, 0.05) is 12.2 Å². The number of aromatic nitrogens is 1. The van der Waals surface area contributed by atoms with Crippen molar-refractivity contribution >= 4 is 5.82 Å². The summed E-state index contributed by atoms with van der Waals surface area (Å²) in [5, 5.41) is 12.2. The third kappa shape index (κ3) is 3.70. The average molecular weight is 257 g/mol. The molecule has 102 valence electrons. The molecule has 1 atom stereocenters. The number of hydrogen-bond donors (Lipinski definition) is 1. The number of nitrogens with zero attached hydrogens (tertiary/aromatic N) is 2. The van der Waals surface area contributed by atoms with Crippen LogP contribution in [-0.4, -0.2) is 11.0 Å². The molecule has 1 aromatic rings. The second-order valence-electron chi connectivity index (χ2n) is 5.69. The molecule has 0 bridgehead atoms. The maximum Gasteiger partial charge on any atom is 0.126 e. The number of hydrogen-bond acceptors (Lipinski definition) is 3. The summed E-state index contributed by atoms with van der Waals surface area (Å²) in [6, 6.07) is 6.36. The van der Waals surface area contributed by atoms with E-state index in [9.17, 15) is 0 Å². The molecular formula is C16H23N3. The molecule has 0 aliphatic heterocycles. The maximum atomic E-state index is 8.74. The summed E-state index contributed by atoms with van der Waals surface area (Å²) < 4.78 is 0. The average Bonchev–Trinajstić information content (AvgIpc) is 2.48. The first-order valence-corrected chi connectivity index (χ1v) is 7.35. The van der Waals surface area contributed by atoms with Gasteiger partial charge >= 0.3 is 0 Å². The van der Waals surface area contributed by atoms with Crippen LogP contribution in [0.5, 0.6) is 0 Å². The lowest BCUT2D eigenvalue weighted by molar-refractivity contribution is 0.247. The van der Waals surface area contributed by atoms with Gasteiger partial charge in [0.05, 0.1) is 5.56 Å². The first-order chi connectivity index (χ1) is 9.22. The molecular weight excluding hydrogens is 234 g/mol. The highest BCUT2D eigenvalue weighted by Crippen LogP contribution is 2.32. The van der Waals surface area contributed by atoms with E-state index in [1.165, 1.54) is 32.1 Å². The van der Waals surface area contributed by atoms with Gasteiger partial charge in [-0.2, -0.15) is 5.26 Å². The summed E-state index contributed by atoms with van der Waals surface area (Å²) in [7, 11) is 0. The fraction of sp³-hybridized carbons (Fsp3) is 0.625. The normalized spacial score (nSPS) is 24.5. The lowest BCUT2D eigenvalue weighted by Crippen LogP contribution is -2.28. The van der Waals surface area contributed by atoms with Gasteiger partial charge in [-0.05, 0) is 49.7 Å². The van der Waals surface area contributed by atoms with Crippen LogP contribution in [0.25, 0.3) is 0 Å². The zero-order valence-corrected chi connectivity index (χ0v) is 11.9. The molecule has 0 aromatic carbocycles. The van der Waals surface area contributed by atoms with Crippen molar-refractivity contribution in [1.29, 1.82) is 5.26 Å². The van der Waals surface area contributed by atoms with Crippen molar-refractivity contribution in [3.63, 3.8) is 0 Å². The van der Waals surface area contributed by atoms with Gasteiger partial charge in [-0.1, -0.05) is 20.3 Å². The Hall–Kier alpha value is -1.56. The van der Waals surface area contributed by atoms with Crippen LogP contribution in [0, 0.1) is 23.2 Å². The van der Waals surface area contributed by atoms with E-state index in [2.05, 4.69) is 30.2 Å². The van der Waals surface area contributed by atoms with Crippen molar-refractivity contribution in [2.75, 3.05) is 5.32 Å². The van der Waals surface area contributed by atoms with E-state index < -0.39 is 0 Å². The summed E-state index contributed by atoms with van der Waals surface area (Å²) in [5.74, 6) is 2.65. The van der Waals surface area contributed by atoms with Gasteiger partial charge in [0.15, 0.2) is 0 Å². The van der Waals surface area contributed by atoms with Crippen LogP contribution < -0.4 is 5.32 Å². The lowest BCUT2D eigenvalue weighted by atomic mass is 9.78. The predicted molar refractivity (Wildman–Crippen MR) is 77.8 cm³/mol. The molecule has 1 unspecified atom stereocenters. The topological polar surface area (TPSA) is 48.7 Å². The minimum Gasteiger partial charge on any atom is -0.367 e. The fourth-order valence-electron chi connectivity index (χ4n) is 2.92. The minimum atomic E-state index is 0.542. The summed E-state index contributed by atoms with van der Waals surface area (Å²) >= 11 is 0. The van der Waals surface area contributed by atoms with E-state index in [0.717, 1.165) is 17.7 Å². The van der Waals surface area contributed by atoms with Crippen LogP contribution in [0.4, 0.5) is 5.82 Å². The minimum absolute atomic E-state index is 0.542. The van der Waals surface area contributed by atoms with Crippen LogP contribution in [0.3, 0.4) is 0 Å². The Morgan fingerprint density at radius 2 is 2.11 bits per heavy atom. The van der Waals surface area contributed by atoms with Gasteiger partial charge in [0.25, 0.3) is 0 Å². The first-order valence-electron chi connectivity index (χ1n) is 7.35. The lowest BCUT2D eigenvalue weighted by Gasteiger charge is -2.32. The summed E-state index contributed by atoms with van der Waals surface area (Å²) in [6.07, 6.45) is 8.03. The van der Waals surface area contributed by atoms with Gasteiger partial charge in [-0.15, -0.1) is 0 Å². The van der Waals surface area contributed by atoms with Gasteiger partial charge < -0.3 is 5.32 Å². The quantitative estimate of drug-likeness (QED) is 0.887. The van der Waals surface area contributed by atoms with E-state index in [1.807, 2.05) is 12.1 Å². The van der Waals surface area contributed by atoms with Crippen LogP contribution in [0.2, 0.25) is 0 Å². The molecule has 1 fully saturated rings. The van der Waals surface area contributed by atoms with Crippen molar-refractivity contribution in [3.05, 3.63) is 23.9 Å². The first kappa shape index (κ1) is 13.9. The third-order valence-electron chi connectivity index (χ3n) is 4.47. The van der Waals surface area contributed by atoms with E-state index in [4.69, 9.17) is 5.26 Å². The van der Waals surface area contributed by atoms with E-state index in [-0.39, 0.29) is 0 Å². The number of anilines is 1. The van der Waals surface area contributed by atoms with Crippen molar-refractivity contribution in [3.8, 4) is 6.07 Å². The number of pyridine rings is 1. The Balaban J connectivity index is 1.83. The zero-order valence-electron chi connectivity index (χ0n) is 11.9.